The summed E-state index contributed by atoms with van der Waals surface area (Å²) in [5, 5.41) is 23.2. The molecule has 0 aliphatic heterocycles. The number of nitrogens with one attached hydrogen (secondary N) is 1. The molecule has 3 N–H and O–H groups in total. The summed E-state index contributed by atoms with van der Waals surface area (Å²) < 4.78 is 0. The Hall–Kier alpha value is -3.73. The van der Waals surface area contributed by atoms with Crippen molar-refractivity contribution in [1.82, 2.24) is 5.32 Å². The van der Waals surface area contributed by atoms with Gasteiger partial charge >= 0.3 is 0 Å². The zero-order valence-electron chi connectivity index (χ0n) is 49.7. The average molecular weight is 1050 g/mol. The minimum Gasteiger partial charge on any atom is -0.394 e. The van der Waals surface area contributed by atoms with Gasteiger partial charge in [-0.3, -0.25) is 4.79 Å². The lowest BCUT2D eigenvalue weighted by atomic mass is 10.0. The van der Waals surface area contributed by atoms with Gasteiger partial charge in [0, 0.05) is 6.42 Å². The molecule has 4 heteroatoms. The highest BCUT2D eigenvalue weighted by Gasteiger charge is 2.18. The number of aliphatic hydroxyl groups excluding tert-OH is 2. The normalized spacial score (nSPS) is 13.8. The van der Waals surface area contributed by atoms with Gasteiger partial charge in [-0.25, -0.2) is 0 Å². The third-order valence-electron chi connectivity index (χ3n) is 13.8. The van der Waals surface area contributed by atoms with Gasteiger partial charge in [0.25, 0.3) is 0 Å². The number of hydrogen-bond donors (Lipinski definition) is 3. The second kappa shape index (κ2) is 65.6. The number of aliphatic hydroxyl groups is 2. The monoisotopic (exact) mass is 1050 g/mol. The van der Waals surface area contributed by atoms with Crippen LogP contribution in [-0.2, 0) is 4.79 Å². The van der Waals surface area contributed by atoms with E-state index in [1.165, 1.54) is 154 Å². The molecule has 0 bridgehead atoms. The maximum atomic E-state index is 12.5. The molecule has 4 nitrogen and oxygen atoms in total. The van der Waals surface area contributed by atoms with E-state index in [1.54, 1.807) is 6.08 Å². The Labute approximate surface area is 472 Å². The minimum absolute atomic E-state index is 0.0861. The van der Waals surface area contributed by atoms with E-state index < -0.39 is 12.1 Å². The summed E-state index contributed by atoms with van der Waals surface area (Å²) in [5.41, 5.74) is 0. The Morgan fingerprint density at radius 1 is 0.329 bits per heavy atom. The summed E-state index contributed by atoms with van der Waals surface area (Å²) in [6.07, 6.45) is 103. The Morgan fingerprint density at radius 3 is 0.921 bits per heavy atom. The van der Waals surface area contributed by atoms with Crippen LogP contribution in [0.15, 0.2) is 146 Å². The smallest absolute Gasteiger partial charge is 0.220 e. The Kier molecular flexibility index (Phi) is 62.3. The fourth-order valence-electron chi connectivity index (χ4n) is 8.99. The van der Waals surface area contributed by atoms with E-state index in [4.69, 9.17) is 0 Å². The number of allylic oxidation sites excluding steroid dienone is 23. The van der Waals surface area contributed by atoms with E-state index in [0.29, 0.717) is 6.42 Å². The van der Waals surface area contributed by atoms with Crippen LogP contribution in [0.5, 0.6) is 0 Å². The number of carbonyl (C=O) groups excluding carboxylic acids is 1. The highest BCUT2D eigenvalue weighted by atomic mass is 16.3. The van der Waals surface area contributed by atoms with Crippen molar-refractivity contribution in [3.8, 4) is 0 Å². The zero-order chi connectivity index (χ0) is 54.8. The molecule has 0 heterocycles. The van der Waals surface area contributed by atoms with Crippen LogP contribution in [0, 0.1) is 0 Å². The van der Waals surface area contributed by atoms with Crippen molar-refractivity contribution in [2.75, 3.05) is 6.61 Å². The fraction of sp³-hybridized carbons (Fsp3) is 0.653. The van der Waals surface area contributed by atoms with E-state index in [2.05, 4.69) is 153 Å². The molecule has 0 saturated heterocycles. The molecule has 0 fully saturated rings. The summed E-state index contributed by atoms with van der Waals surface area (Å²) in [7, 11) is 0. The first-order valence-electron chi connectivity index (χ1n) is 32.0. The first-order valence-corrected chi connectivity index (χ1v) is 32.0. The van der Waals surface area contributed by atoms with Crippen LogP contribution >= 0.6 is 0 Å². The molecule has 432 valence electrons. The molecule has 0 aliphatic rings. The van der Waals surface area contributed by atoms with Crippen molar-refractivity contribution >= 4 is 5.91 Å². The fourth-order valence-corrected chi connectivity index (χ4v) is 8.99. The molecular formula is C72H121NO3. The molecule has 0 aromatic carbocycles. The first kappa shape index (κ1) is 72.3. The predicted molar refractivity (Wildman–Crippen MR) is 340 cm³/mol. The maximum absolute atomic E-state index is 12.5. The second-order valence-corrected chi connectivity index (χ2v) is 21.1. The van der Waals surface area contributed by atoms with Gasteiger partial charge in [0.2, 0.25) is 5.91 Å². The van der Waals surface area contributed by atoms with Gasteiger partial charge in [0.05, 0.1) is 18.8 Å². The number of unbranched alkanes of at least 4 members (excludes halogenated alkanes) is 28. The predicted octanol–water partition coefficient (Wildman–Crippen LogP) is 21.9. The molecule has 0 rings (SSSR count). The molecule has 0 aromatic heterocycles. The number of hydrogen-bond acceptors (Lipinski definition) is 3. The lowest BCUT2D eigenvalue weighted by Crippen LogP contribution is -2.45. The number of rotatable bonds is 57. The quantitative estimate of drug-likeness (QED) is 0.0420. The minimum atomic E-state index is -0.877. The van der Waals surface area contributed by atoms with Crippen LogP contribution < -0.4 is 5.32 Å². The van der Waals surface area contributed by atoms with Crippen LogP contribution in [0.25, 0.3) is 0 Å². The SMILES string of the molecule is CC/C=C\C/C=C\C/C=C\C/C=C\C/C=C\C/C=C\C/C=C\C/C=C\C/C=C\C/C=C\CCCCCCCCCCC(=O)NC(CO)C(O)/C=C/CC/C=C/CCCCCCCCCCCCCCCCCCCCC. The lowest BCUT2D eigenvalue weighted by molar-refractivity contribution is -0.123. The molecule has 0 aliphatic carbocycles. The van der Waals surface area contributed by atoms with Crippen molar-refractivity contribution in [3.63, 3.8) is 0 Å². The van der Waals surface area contributed by atoms with Crippen molar-refractivity contribution in [2.24, 2.45) is 0 Å². The molecule has 0 saturated carbocycles. The molecule has 0 aromatic rings. The number of carbonyl (C=O) groups is 1. The zero-order valence-corrected chi connectivity index (χ0v) is 49.7. The first-order chi connectivity index (χ1) is 37.7. The molecule has 1 amide bonds. The lowest BCUT2D eigenvalue weighted by Gasteiger charge is -2.19. The topological polar surface area (TPSA) is 69.6 Å². The van der Waals surface area contributed by atoms with E-state index >= 15 is 0 Å². The van der Waals surface area contributed by atoms with Gasteiger partial charge in [-0.05, 0) is 109 Å². The van der Waals surface area contributed by atoms with Crippen molar-refractivity contribution in [2.45, 2.75) is 296 Å². The molecule has 0 spiro atoms. The average Bonchev–Trinajstić information content (AvgIpc) is 3.42. The third-order valence-corrected chi connectivity index (χ3v) is 13.8. The molecular weight excluding hydrogens is 927 g/mol. The van der Waals surface area contributed by atoms with Gasteiger partial charge < -0.3 is 15.5 Å². The Balaban J connectivity index is 3.64. The van der Waals surface area contributed by atoms with E-state index in [9.17, 15) is 15.0 Å². The summed E-state index contributed by atoms with van der Waals surface area (Å²) in [4.78, 5) is 12.5. The van der Waals surface area contributed by atoms with Crippen LogP contribution in [0.1, 0.15) is 284 Å². The Morgan fingerprint density at radius 2 is 0.592 bits per heavy atom. The van der Waals surface area contributed by atoms with Crippen LogP contribution in [0.2, 0.25) is 0 Å². The molecule has 0 radical (unpaired) electrons. The van der Waals surface area contributed by atoms with E-state index in [1.807, 2.05) is 6.08 Å². The standard InChI is InChI=1S/C72H121NO3/c1-3-5-7-9-11-13-15-17-19-21-23-25-27-29-30-31-32-33-34-35-36-37-38-39-40-41-42-44-46-48-50-52-54-56-58-60-62-64-66-68-72(76)73-70(69-74)71(75)67-65-63-61-59-57-55-53-51-49-47-45-43-28-26-24-22-20-18-16-14-12-10-8-6-4-2/h5,7,11,13,17,19,23,25,29-30,32-33,35-36,38-39,41-42,46,48,57,59,65,67,70-71,74-75H,3-4,6,8-10,12,14-16,18,20-22,24,26-28,31,34,37,40,43-45,47,49-56,58,60-64,66,68-69H2,1-2H3,(H,73,76)/b7-5-,13-11-,19-17-,25-23-,30-29-,33-32-,36-35-,39-38-,42-41-,48-46-,59-57+,67-65+. The summed E-state index contributed by atoms with van der Waals surface area (Å²) in [6, 6.07) is -0.655. The second-order valence-electron chi connectivity index (χ2n) is 21.1. The molecule has 2 unspecified atom stereocenters. The van der Waals surface area contributed by atoms with Gasteiger partial charge in [0.15, 0.2) is 0 Å². The van der Waals surface area contributed by atoms with Gasteiger partial charge in [0.1, 0.15) is 0 Å². The van der Waals surface area contributed by atoms with Crippen molar-refractivity contribution in [1.29, 1.82) is 0 Å². The Bertz CT molecular complexity index is 1560. The van der Waals surface area contributed by atoms with Crippen molar-refractivity contribution < 1.29 is 15.0 Å². The van der Waals surface area contributed by atoms with Gasteiger partial charge in [-0.2, -0.15) is 0 Å². The summed E-state index contributed by atoms with van der Waals surface area (Å²) >= 11 is 0. The van der Waals surface area contributed by atoms with Crippen molar-refractivity contribution in [3.05, 3.63) is 146 Å². The maximum Gasteiger partial charge on any atom is 0.220 e. The third kappa shape index (κ3) is 61.1. The highest BCUT2D eigenvalue weighted by Crippen LogP contribution is 2.16. The van der Waals surface area contributed by atoms with Crippen LogP contribution in [0.4, 0.5) is 0 Å². The number of amides is 1. The van der Waals surface area contributed by atoms with Crippen LogP contribution in [0.3, 0.4) is 0 Å². The summed E-state index contributed by atoms with van der Waals surface area (Å²) in [6.45, 7) is 4.19. The molecule has 76 heavy (non-hydrogen) atoms. The van der Waals surface area contributed by atoms with Gasteiger partial charge in [-0.15, -0.1) is 0 Å². The molecule has 2 atom stereocenters. The van der Waals surface area contributed by atoms with E-state index in [-0.39, 0.29) is 12.5 Å². The van der Waals surface area contributed by atoms with Gasteiger partial charge in [-0.1, -0.05) is 314 Å². The van der Waals surface area contributed by atoms with Crippen LogP contribution in [-0.4, -0.2) is 34.9 Å². The highest BCUT2D eigenvalue weighted by molar-refractivity contribution is 5.76. The largest absolute Gasteiger partial charge is 0.394 e. The summed E-state index contributed by atoms with van der Waals surface area (Å²) in [5.74, 6) is -0.0861. The van der Waals surface area contributed by atoms with E-state index in [0.717, 1.165) is 109 Å².